The molecule has 0 aliphatic rings. The number of oxazole rings is 1. The highest BCUT2D eigenvalue weighted by Gasteiger charge is 2.16. The van der Waals surface area contributed by atoms with Gasteiger partial charge in [-0.2, -0.15) is 0 Å². The zero-order valence-corrected chi connectivity index (χ0v) is 25.3. The zero-order chi connectivity index (χ0) is 31.2. The van der Waals surface area contributed by atoms with E-state index < -0.39 is 0 Å². The van der Waals surface area contributed by atoms with E-state index in [4.69, 9.17) is 19.4 Å². The first-order valence-corrected chi connectivity index (χ1v) is 15.7. The fourth-order valence-electron chi connectivity index (χ4n) is 6.35. The lowest BCUT2D eigenvalue weighted by Crippen LogP contribution is -1.96. The molecule has 0 saturated carbocycles. The summed E-state index contributed by atoms with van der Waals surface area (Å²) in [6.45, 7) is 0. The molecule has 4 heteroatoms. The van der Waals surface area contributed by atoms with Crippen LogP contribution in [0.5, 0.6) is 0 Å². The van der Waals surface area contributed by atoms with Crippen LogP contribution in [-0.2, 0) is 0 Å². The van der Waals surface area contributed by atoms with Crippen LogP contribution in [0.4, 0.5) is 0 Å². The molecule has 0 fully saturated rings. The summed E-state index contributed by atoms with van der Waals surface area (Å²) in [6, 6.07) is 56.3. The fourth-order valence-corrected chi connectivity index (χ4v) is 6.35. The normalized spacial score (nSPS) is 11.4. The van der Waals surface area contributed by atoms with Gasteiger partial charge in [0.15, 0.2) is 11.4 Å². The molecule has 220 valence electrons. The quantitative estimate of drug-likeness (QED) is 0.184. The molecule has 0 saturated heterocycles. The minimum Gasteiger partial charge on any atom is -0.436 e. The van der Waals surface area contributed by atoms with Gasteiger partial charge in [-0.3, -0.25) is 0 Å². The Morgan fingerprint density at radius 2 is 1.00 bits per heavy atom. The van der Waals surface area contributed by atoms with Crippen LogP contribution in [0, 0.1) is 0 Å². The van der Waals surface area contributed by atoms with Crippen molar-refractivity contribution in [1.29, 1.82) is 0 Å². The highest BCUT2D eigenvalue weighted by Crippen LogP contribution is 2.36. The minimum absolute atomic E-state index is 0.622. The molecule has 0 amide bonds. The monoisotopic (exact) mass is 601 g/mol. The lowest BCUT2D eigenvalue weighted by atomic mass is 9.98. The van der Waals surface area contributed by atoms with Gasteiger partial charge in [-0.15, -0.1) is 0 Å². The molecule has 2 aromatic heterocycles. The van der Waals surface area contributed by atoms with Crippen molar-refractivity contribution in [2.45, 2.75) is 0 Å². The maximum atomic E-state index is 6.22. The molecule has 0 bridgehead atoms. The van der Waals surface area contributed by atoms with E-state index >= 15 is 0 Å². The lowest BCUT2D eigenvalue weighted by molar-refractivity contribution is 0.620. The molecule has 4 nitrogen and oxygen atoms in total. The Labute approximate surface area is 271 Å². The first-order chi connectivity index (χ1) is 23.3. The van der Waals surface area contributed by atoms with Crippen LogP contribution in [0.1, 0.15) is 0 Å². The Balaban J connectivity index is 1.20. The highest BCUT2D eigenvalue weighted by atomic mass is 16.3. The van der Waals surface area contributed by atoms with Gasteiger partial charge in [-0.25, -0.2) is 15.0 Å². The summed E-state index contributed by atoms with van der Waals surface area (Å²) in [5, 5.41) is 4.40. The van der Waals surface area contributed by atoms with Crippen LogP contribution >= 0.6 is 0 Å². The summed E-state index contributed by atoms with van der Waals surface area (Å²) in [4.78, 5) is 15.2. The maximum Gasteiger partial charge on any atom is 0.227 e. The number of fused-ring (bicyclic) bond motifs is 5. The van der Waals surface area contributed by atoms with Crippen LogP contribution in [-0.4, -0.2) is 15.0 Å². The summed E-state index contributed by atoms with van der Waals surface area (Å²) in [6.07, 6.45) is 0. The van der Waals surface area contributed by atoms with E-state index in [0.29, 0.717) is 11.7 Å². The van der Waals surface area contributed by atoms with Crippen molar-refractivity contribution in [3.05, 3.63) is 164 Å². The molecule has 0 atom stereocenters. The second-order valence-electron chi connectivity index (χ2n) is 11.7. The predicted molar refractivity (Wildman–Crippen MR) is 192 cm³/mol. The van der Waals surface area contributed by atoms with Gasteiger partial charge in [0, 0.05) is 27.6 Å². The first kappa shape index (κ1) is 27.0. The molecule has 0 N–H and O–H groups in total. The Kier molecular flexibility index (Phi) is 6.43. The van der Waals surface area contributed by atoms with Crippen molar-refractivity contribution >= 4 is 32.6 Å². The van der Waals surface area contributed by atoms with Gasteiger partial charge in [0.1, 0.15) is 5.52 Å². The van der Waals surface area contributed by atoms with Crippen molar-refractivity contribution in [3.63, 3.8) is 0 Å². The predicted octanol–water partition coefficient (Wildman–Crippen LogP) is 11.3. The van der Waals surface area contributed by atoms with Crippen LogP contribution < -0.4 is 0 Å². The Hall–Kier alpha value is -6.39. The summed E-state index contributed by atoms with van der Waals surface area (Å²) in [7, 11) is 0. The molecule has 7 aromatic carbocycles. The number of hydrogen-bond acceptors (Lipinski definition) is 4. The van der Waals surface area contributed by atoms with Crippen molar-refractivity contribution in [2.75, 3.05) is 0 Å². The number of rotatable bonds is 5. The van der Waals surface area contributed by atoms with Gasteiger partial charge >= 0.3 is 0 Å². The molecule has 2 heterocycles. The topological polar surface area (TPSA) is 51.8 Å². The highest BCUT2D eigenvalue weighted by molar-refractivity contribution is 6.18. The number of hydrogen-bond donors (Lipinski definition) is 0. The molecule has 0 unspecified atom stereocenters. The molecular weight excluding hydrogens is 574 g/mol. The second kappa shape index (κ2) is 11.2. The third-order valence-electron chi connectivity index (χ3n) is 8.70. The third kappa shape index (κ3) is 4.93. The van der Waals surface area contributed by atoms with E-state index in [2.05, 4.69) is 103 Å². The standard InChI is InChI=1S/C43H27N3O/c1-4-11-28(12-5-1)32-17-10-18-34(25-32)38-27-37(29-13-6-2-7-14-29)44-42(45-38)35-21-23-36-33(26-35)20-19-30-22-24-39-41(40(30)36)46-43(47-39)31-15-8-3-9-16-31/h1-27H. The molecule has 47 heavy (non-hydrogen) atoms. The molecule has 0 spiro atoms. The van der Waals surface area contributed by atoms with Crippen molar-refractivity contribution < 1.29 is 4.42 Å². The van der Waals surface area contributed by atoms with Crippen LogP contribution in [0.3, 0.4) is 0 Å². The first-order valence-electron chi connectivity index (χ1n) is 15.7. The zero-order valence-electron chi connectivity index (χ0n) is 25.3. The van der Waals surface area contributed by atoms with Gasteiger partial charge in [-0.1, -0.05) is 127 Å². The van der Waals surface area contributed by atoms with Crippen molar-refractivity contribution in [2.24, 2.45) is 0 Å². The molecule has 9 aromatic rings. The van der Waals surface area contributed by atoms with Gasteiger partial charge < -0.3 is 4.42 Å². The van der Waals surface area contributed by atoms with Crippen LogP contribution in [0.25, 0.3) is 89.1 Å². The Bertz CT molecular complexity index is 2560. The molecule has 0 radical (unpaired) electrons. The lowest BCUT2D eigenvalue weighted by Gasteiger charge is -2.11. The number of aromatic nitrogens is 3. The average Bonchev–Trinajstić information content (AvgIpc) is 3.60. The van der Waals surface area contributed by atoms with Crippen LogP contribution in [0.2, 0.25) is 0 Å². The van der Waals surface area contributed by atoms with Gasteiger partial charge in [0.2, 0.25) is 5.89 Å². The minimum atomic E-state index is 0.622. The maximum absolute atomic E-state index is 6.22. The number of benzene rings is 7. The van der Waals surface area contributed by atoms with E-state index in [-0.39, 0.29) is 0 Å². The van der Waals surface area contributed by atoms with E-state index in [1.54, 1.807) is 0 Å². The summed E-state index contributed by atoms with van der Waals surface area (Å²) >= 11 is 0. The average molecular weight is 602 g/mol. The van der Waals surface area contributed by atoms with E-state index in [1.807, 2.05) is 60.7 Å². The van der Waals surface area contributed by atoms with Gasteiger partial charge in [-0.05, 0) is 63.7 Å². The Morgan fingerprint density at radius 1 is 0.383 bits per heavy atom. The molecule has 0 aliphatic carbocycles. The van der Waals surface area contributed by atoms with E-state index in [9.17, 15) is 0 Å². The third-order valence-corrected chi connectivity index (χ3v) is 8.70. The summed E-state index contributed by atoms with van der Waals surface area (Å²) < 4.78 is 6.22. The molecule has 0 aliphatic heterocycles. The van der Waals surface area contributed by atoms with Crippen molar-refractivity contribution in [1.82, 2.24) is 15.0 Å². The second-order valence-corrected chi connectivity index (χ2v) is 11.7. The van der Waals surface area contributed by atoms with Crippen LogP contribution in [0.15, 0.2) is 168 Å². The van der Waals surface area contributed by atoms with E-state index in [0.717, 1.165) is 71.8 Å². The van der Waals surface area contributed by atoms with Gasteiger partial charge in [0.05, 0.1) is 11.4 Å². The number of nitrogens with zero attached hydrogens (tertiary/aromatic N) is 3. The van der Waals surface area contributed by atoms with Gasteiger partial charge in [0.25, 0.3) is 0 Å². The summed E-state index contributed by atoms with van der Waals surface area (Å²) in [5.74, 6) is 1.30. The SMILES string of the molecule is c1ccc(-c2cccc(-c3cc(-c4ccccc4)nc(-c4ccc5c(ccc6ccc7oc(-c8ccccc8)nc7c65)c4)n3)c2)cc1. The van der Waals surface area contributed by atoms with Crippen molar-refractivity contribution in [3.8, 4) is 56.5 Å². The smallest absolute Gasteiger partial charge is 0.227 e. The summed E-state index contributed by atoms with van der Waals surface area (Å²) in [5.41, 5.74) is 9.72. The fraction of sp³-hybridized carbons (Fsp3) is 0. The molecule has 9 rings (SSSR count). The largest absolute Gasteiger partial charge is 0.436 e. The van der Waals surface area contributed by atoms with E-state index in [1.165, 1.54) is 5.56 Å². The Morgan fingerprint density at radius 3 is 1.77 bits per heavy atom. The molecular formula is C43H27N3O.